The van der Waals surface area contributed by atoms with Crippen molar-refractivity contribution in [3.8, 4) is 0 Å². The number of hydrogen-bond acceptors (Lipinski definition) is 8. The largest absolute Gasteiger partial charge is 0.463 e. The van der Waals surface area contributed by atoms with E-state index in [0.29, 0.717) is 78.2 Å². The molecule has 0 N–H and O–H groups in total. The molecule has 8 heteroatoms. The van der Waals surface area contributed by atoms with E-state index in [4.69, 9.17) is 28.4 Å². The van der Waals surface area contributed by atoms with Crippen molar-refractivity contribution in [2.75, 3.05) is 78.4 Å². The van der Waals surface area contributed by atoms with Crippen LogP contribution < -0.4 is 0 Å². The first-order valence-corrected chi connectivity index (χ1v) is 8.70. The van der Waals surface area contributed by atoms with Crippen molar-refractivity contribution < 1.29 is 33.2 Å². The Morgan fingerprint density at radius 3 is 1.58 bits per heavy atom. The first-order chi connectivity index (χ1) is 11.8. The molecule has 0 saturated carbocycles. The van der Waals surface area contributed by atoms with Crippen molar-refractivity contribution in [3.63, 3.8) is 0 Å². The summed E-state index contributed by atoms with van der Waals surface area (Å²) in [6, 6.07) is 0. The monoisotopic (exact) mass is 366 g/mol. The number of carbonyl (C=O) groups is 1. The van der Waals surface area contributed by atoms with E-state index in [2.05, 4.69) is 19.2 Å². The predicted molar refractivity (Wildman–Crippen MR) is 93.7 cm³/mol. The van der Waals surface area contributed by atoms with Gasteiger partial charge in [-0.3, -0.25) is 4.79 Å². The summed E-state index contributed by atoms with van der Waals surface area (Å²) in [6.07, 6.45) is 2.02. The van der Waals surface area contributed by atoms with Gasteiger partial charge >= 0.3 is 5.97 Å². The van der Waals surface area contributed by atoms with Gasteiger partial charge in [0.1, 0.15) is 6.61 Å². The van der Waals surface area contributed by atoms with Crippen molar-refractivity contribution >= 4 is 18.6 Å². The molecule has 0 bridgehead atoms. The van der Waals surface area contributed by atoms with Crippen LogP contribution in [0.1, 0.15) is 6.42 Å². The summed E-state index contributed by atoms with van der Waals surface area (Å²) in [5.41, 5.74) is 0. The Morgan fingerprint density at radius 2 is 1.17 bits per heavy atom. The van der Waals surface area contributed by atoms with Crippen LogP contribution in [0, 0.1) is 0 Å². The van der Waals surface area contributed by atoms with Gasteiger partial charge in [-0.05, 0) is 0 Å². The van der Waals surface area contributed by atoms with Gasteiger partial charge < -0.3 is 28.4 Å². The van der Waals surface area contributed by atoms with Gasteiger partial charge in [-0.15, -0.1) is 6.58 Å². The molecule has 0 amide bonds. The van der Waals surface area contributed by atoms with Crippen LogP contribution in [0.3, 0.4) is 0 Å². The summed E-state index contributed by atoms with van der Waals surface area (Å²) in [5, 5.41) is 0. The zero-order valence-electron chi connectivity index (χ0n) is 14.3. The number of thiol groups is 1. The summed E-state index contributed by atoms with van der Waals surface area (Å²) >= 11 is 3.94. The van der Waals surface area contributed by atoms with Gasteiger partial charge in [0, 0.05) is 5.75 Å². The number of rotatable bonds is 19. The van der Waals surface area contributed by atoms with Gasteiger partial charge in [0.05, 0.1) is 72.5 Å². The van der Waals surface area contributed by atoms with E-state index in [9.17, 15) is 4.79 Å². The third-order valence-electron chi connectivity index (χ3n) is 2.53. The zero-order chi connectivity index (χ0) is 17.7. The van der Waals surface area contributed by atoms with Crippen LogP contribution in [0.2, 0.25) is 0 Å². The number of esters is 1. The Morgan fingerprint density at radius 1 is 0.750 bits per heavy atom. The Labute approximate surface area is 150 Å². The van der Waals surface area contributed by atoms with Crippen molar-refractivity contribution in [2.45, 2.75) is 6.42 Å². The molecule has 0 aromatic heterocycles. The Bertz CT molecular complexity index is 290. The van der Waals surface area contributed by atoms with E-state index < -0.39 is 0 Å². The lowest BCUT2D eigenvalue weighted by Crippen LogP contribution is -2.15. The third kappa shape index (κ3) is 19.4. The molecule has 7 nitrogen and oxygen atoms in total. The molecule has 24 heavy (non-hydrogen) atoms. The van der Waals surface area contributed by atoms with Crippen LogP contribution in [0.25, 0.3) is 0 Å². The minimum Gasteiger partial charge on any atom is -0.463 e. The lowest BCUT2D eigenvalue weighted by molar-refractivity contribution is -0.144. The van der Waals surface area contributed by atoms with Crippen LogP contribution in [-0.4, -0.2) is 84.4 Å². The summed E-state index contributed by atoms with van der Waals surface area (Å²) < 4.78 is 31.3. The van der Waals surface area contributed by atoms with E-state index >= 15 is 0 Å². The summed E-state index contributed by atoms with van der Waals surface area (Å²) in [7, 11) is 0. The molecule has 0 spiro atoms. The number of carbonyl (C=O) groups excluding carboxylic acids is 1. The van der Waals surface area contributed by atoms with Gasteiger partial charge in [-0.25, -0.2) is 0 Å². The molecule has 0 saturated heterocycles. The molecule has 0 unspecified atom stereocenters. The fourth-order valence-electron chi connectivity index (χ4n) is 1.42. The maximum Gasteiger partial charge on any atom is 0.306 e. The summed E-state index contributed by atoms with van der Waals surface area (Å²) in [6.45, 7) is 8.84. The molecule has 0 fully saturated rings. The molecule has 142 valence electrons. The minimum atomic E-state index is -0.254. The highest BCUT2D eigenvalue weighted by Gasteiger charge is 2.00. The fourth-order valence-corrected chi connectivity index (χ4v) is 1.61. The summed E-state index contributed by atoms with van der Waals surface area (Å²) in [4.78, 5) is 11.0. The van der Waals surface area contributed by atoms with E-state index in [-0.39, 0.29) is 12.6 Å². The molecule has 0 aliphatic carbocycles. The maximum atomic E-state index is 11.0. The maximum absolute atomic E-state index is 11.0. The molecule has 0 rings (SSSR count). The average molecular weight is 366 g/mol. The van der Waals surface area contributed by atoms with E-state index in [0.717, 1.165) is 0 Å². The standard InChI is InChI=1S/C16H30O7S/c1-2-4-18-5-6-19-7-8-20-9-10-21-11-12-22-13-14-23-16(17)3-15-24/h2,24H,1,3-15H2. The van der Waals surface area contributed by atoms with Crippen molar-refractivity contribution in [1.82, 2.24) is 0 Å². The van der Waals surface area contributed by atoms with Gasteiger partial charge in [-0.2, -0.15) is 12.6 Å². The van der Waals surface area contributed by atoms with E-state index in [1.54, 1.807) is 6.08 Å². The Hall–Kier alpha value is -0.640. The third-order valence-corrected chi connectivity index (χ3v) is 2.75. The molecular weight excluding hydrogens is 336 g/mol. The van der Waals surface area contributed by atoms with Gasteiger partial charge in [0.25, 0.3) is 0 Å². The zero-order valence-corrected chi connectivity index (χ0v) is 15.2. The topological polar surface area (TPSA) is 72.5 Å². The quantitative estimate of drug-likeness (QED) is 0.159. The summed E-state index contributed by atoms with van der Waals surface area (Å²) in [5.74, 6) is 0.238. The smallest absolute Gasteiger partial charge is 0.306 e. The number of ether oxygens (including phenoxy) is 6. The molecule has 0 aliphatic heterocycles. The lowest BCUT2D eigenvalue weighted by atomic mass is 10.5. The first kappa shape index (κ1) is 23.4. The average Bonchev–Trinajstić information content (AvgIpc) is 2.58. The van der Waals surface area contributed by atoms with Crippen LogP contribution in [-0.2, 0) is 33.2 Å². The SMILES string of the molecule is C=CCOCCOCCOCCOCCOCCOC(=O)CCS. The van der Waals surface area contributed by atoms with E-state index in [1.807, 2.05) is 0 Å². The van der Waals surface area contributed by atoms with E-state index in [1.165, 1.54) is 0 Å². The van der Waals surface area contributed by atoms with Gasteiger partial charge in [0.15, 0.2) is 0 Å². The van der Waals surface area contributed by atoms with Crippen LogP contribution >= 0.6 is 12.6 Å². The minimum absolute atomic E-state index is 0.254. The highest BCUT2D eigenvalue weighted by Crippen LogP contribution is 1.89. The Kier molecular flexibility index (Phi) is 19.9. The van der Waals surface area contributed by atoms with Crippen LogP contribution in [0.15, 0.2) is 12.7 Å². The fraction of sp³-hybridized carbons (Fsp3) is 0.812. The normalized spacial score (nSPS) is 10.7. The van der Waals surface area contributed by atoms with Crippen molar-refractivity contribution in [3.05, 3.63) is 12.7 Å². The first-order valence-electron chi connectivity index (χ1n) is 8.07. The molecule has 0 heterocycles. The predicted octanol–water partition coefficient (Wildman–Crippen LogP) is 1.12. The second kappa shape index (κ2) is 20.4. The van der Waals surface area contributed by atoms with Crippen molar-refractivity contribution in [2.24, 2.45) is 0 Å². The number of hydrogen-bond donors (Lipinski definition) is 1. The van der Waals surface area contributed by atoms with Crippen molar-refractivity contribution in [1.29, 1.82) is 0 Å². The molecule has 0 aromatic carbocycles. The second-order valence-corrected chi connectivity index (χ2v) is 4.95. The van der Waals surface area contributed by atoms with Crippen LogP contribution in [0.4, 0.5) is 0 Å². The highest BCUT2D eigenvalue weighted by molar-refractivity contribution is 7.80. The molecule has 0 atom stereocenters. The second-order valence-electron chi connectivity index (χ2n) is 4.51. The molecule has 0 radical (unpaired) electrons. The lowest BCUT2D eigenvalue weighted by Gasteiger charge is -2.08. The molecule has 0 aliphatic rings. The Balaban J connectivity index is 3.02. The molecule has 0 aromatic rings. The highest BCUT2D eigenvalue weighted by atomic mass is 32.1. The van der Waals surface area contributed by atoms with Gasteiger partial charge in [-0.1, -0.05) is 6.08 Å². The van der Waals surface area contributed by atoms with Crippen LogP contribution in [0.5, 0.6) is 0 Å². The van der Waals surface area contributed by atoms with Gasteiger partial charge in [0.2, 0.25) is 0 Å². The molecular formula is C16H30O7S.